The number of hydrogen-bond donors (Lipinski definition) is 2. The standard InChI is InChI=1S/C26H26N6O2S/c1-28-25(33)21-8-3-4-9-24(21)35-19-11-12-20-22(13-10-18-7-5-6-15-29-18)30-32(23(20)17-19)26(34)31(2)16-14-27/h3-13,15,17H,14,16,27H2,1-2H3,(H,28,33)/b13-10+. The van der Waals surface area contributed by atoms with Crippen molar-refractivity contribution < 1.29 is 9.59 Å². The van der Waals surface area contributed by atoms with Crippen molar-refractivity contribution in [2.45, 2.75) is 9.79 Å². The summed E-state index contributed by atoms with van der Waals surface area (Å²) in [5.41, 5.74) is 8.36. The topological polar surface area (TPSA) is 106 Å². The molecule has 0 radical (unpaired) electrons. The van der Waals surface area contributed by atoms with Gasteiger partial charge in [-0.2, -0.15) is 9.78 Å². The Morgan fingerprint density at radius 3 is 2.66 bits per heavy atom. The van der Waals surface area contributed by atoms with E-state index in [4.69, 9.17) is 5.73 Å². The van der Waals surface area contributed by atoms with Crippen molar-refractivity contribution in [1.29, 1.82) is 0 Å². The molecule has 0 saturated carbocycles. The van der Waals surface area contributed by atoms with Gasteiger partial charge in [-0.05, 0) is 54.6 Å². The van der Waals surface area contributed by atoms with Crippen LogP contribution in [0.5, 0.6) is 0 Å². The molecule has 4 rings (SSSR count). The number of likely N-dealkylation sites (N-methyl/N-ethyl adjacent to an activating group) is 1. The SMILES string of the molecule is CNC(=O)c1ccccc1Sc1ccc2c(/C=C/c3ccccn3)nn(C(=O)N(C)CCN)c2c1. The summed E-state index contributed by atoms with van der Waals surface area (Å²) in [6.45, 7) is 0.762. The number of nitrogens with two attached hydrogens (primary N) is 1. The number of carbonyl (C=O) groups is 2. The highest BCUT2D eigenvalue weighted by Gasteiger charge is 2.19. The van der Waals surface area contributed by atoms with Crippen molar-refractivity contribution >= 4 is 46.8 Å². The molecule has 0 atom stereocenters. The number of aromatic nitrogens is 3. The van der Waals surface area contributed by atoms with Gasteiger partial charge in [-0.15, -0.1) is 0 Å². The molecule has 2 aromatic carbocycles. The van der Waals surface area contributed by atoms with Gasteiger partial charge in [0.25, 0.3) is 5.91 Å². The maximum Gasteiger partial charge on any atom is 0.345 e. The Labute approximate surface area is 207 Å². The molecule has 0 bridgehead atoms. The van der Waals surface area contributed by atoms with Crippen LogP contribution in [-0.4, -0.2) is 58.8 Å². The second kappa shape index (κ2) is 11.0. The molecule has 4 aromatic rings. The average Bonchev–Trinajstić information content (AvgIpc) is 3.25. The maximum absolute atomic E-state index is 13.2. The van der Waals surface area contributed by atoms with E-state index in [0.29, 0.717) is 29.9 Å². The Kier molecular flexibility index (Phi) is 7.59. The molecular formula is C26H26N6O2S. The Balaban J connectivity index is 1.77. The molecule has 0 aliphatic carbocycles. The lowest BCUT2D eigenvalue weighted by Crippen LogP contribution is -2.35. The summed E-state index contributed by atoms with van der Waals surface area (Å²) in [6.07, 6.45) is 5.44. The van der Waals surface area contributed by atoms with Gasteiger partial charge in [0, 0.05) is 48.6 Å². The number of fused-ring (bicyclic) bond motifs is 1. The third-order valence-electron chi connectivity index (χ3n) is 5.34. The van der Waals surface area contributed by atoms with Crippen LogP contribution in [0.3, 0.4) is 0 Å². The highest BCUT2D eigenvalue weighted by molar-refractivity contribution is 7.99. The number of amides is 2. The van der Waals surface area contributed by atoms with E-state index < -0.39 is 0 Å². The molecule has 0 saturated heterocycles. The number of hydrogen-bond acceptors (Lipinski definition) is 6. The first-order chi connectivity index (χ1) is 17.0. The molecule has 2 heterocycles. The van der Waals surface area contributed by atoms with Gasteiger partial charge in [0.1, 0.15) is 0 Å². The fraction of sp³-hybridized carbons (Fsp3) is 0.154. The van der Waals surface area contributed by atoms with Crippen LogP contribution in [0, 0.1) is 0 Å². The molecule has 9 heteroatoms. The summed E-state index contributed by atoms with van der Waals surface area (Å²) in [5.74, 6) is -0.153. The number of carbonyl (C=O) groups excluding carboxylic acids is 2. The molecule has 2 amide bonds. The van der Waals surface area contributed by atoms with Crippen LogP contribution in [0.25, 0.3) is 23.1 Å². The van der Waals surface area contributed by atoms with Gasteiger partial charge in [-0.3, -0.25) is 9.78 Å². The van der Waals surface area contributed by atoms with Crippen molar-refractivity contribution in [2.24, 2.45) is 5.73 Å². The average molecular weight is 487 g/mol. The first-order valence-corrected chi connectivity index (χ1v) is 11.9. The van der Waals surface area contributed by atoms with Crippen LogP contribution in [0.4, 0.5) is 4.79 Å². The summed E-state index contributed by atoms with van der Waals surface area (Å²) < 4.78 is 1.40. The van der Waals surface area contributed by atoms with Crippen molar-refractivity contribution in [3.8, 4) is 0 Å². The van der Waals surface area contributed by atoms with E-state index in [-0.39, 0.29) is 11.9 Å². The Morgan fingerprint density at radius 2 is 1.91 bits per heavy atom. The number of nitrogens with zero attached hydrogens (tertiary/aromatic N) is 4. The zero-order valence-corrected chi connectivity index (χ0v) is 20.3. The lowest BCUT2D eigenvalue weighted by molar-refractivity contribution is 0.0960. The molecule has 2 aromatic heterocycles. The van der Waals surface area contributed by atoms with Crippen LogP contribution in [0.15, 0.2) is 76.7 Å². The monoisotopic (exact) mass is 486 g/mol. The molecule has 3 N–H and O–H groups in total. The van der Waals surface area contributed by atoms with Gasteiger partial charge in [-0.25, -0.2) is 4.79 Å². The van der Waals surface area contributed by atoms with Crippen molar-refractivity contribution in [3.63, 3.8) is 0 Å². The fourth-order valence-corrected chi connectivity index (χ4v) is 4.52. The fourth-order valence-electron chi connectivity index (χ4n) is 3.55. The van der Waals surface area contributed by atoms with Crippen LogP contribution in [-0.2, 0) is 0 Å². The third-order valence-corrected chi connectivity index (χ3v) is 6.41. The van der Waals surface area contributed by atoms with Crippen LogP contribution in [0.2, 0.25) is 0 Å². The van der Waals surface area contributed by atoms with Gasteiger partial charge in [0.15, 0.2) is 0 Å². The van der Waals surface area contributed by atoms with Crippen LogP contribution >= 0.6 is 11.8 Å². The number of nitrogens with one attached hydrogen (secondary N) is 1. The normalized spacial score (nSPS) is 11.2. The lowest BCUT2D eigenvalue weighted by atomic mass is 10.2. The minimum atomic E-state index is -0.272. The summed E-state index contributed by atoms with van der Waals surface area (Å²) >= 11 is 1.46. The predicted molar refractivity (Wildman–Crippen MR) is 139 cm³/mol. The number of rotatable bonds is 7. The van der Waals surface area contributed by atoms with E-state index in [1.807, 2.05) is 66.7 Å². The smallest absolute Gasteiger partial charge is 0.345 e. The van der Waals surface area contributed by atoms with Crippen LogP contribution in [0.1, 0.15) is 21.7 Å². The van der Waals surface area contributed by atoms with Crippen molar-refractivity contribution in [3.05, 3.63) is 83.8 Å². The van der Waals surface area contributed by atoms with Crippen molar-refractivity contribution in [1.82, 2.24) is 25.0 Å². The molecule has 0 spiro atoms. The van der Waals surface area contributed by atoms with E-state index in [0.717, 1.165) is 20.9 Å². The molecule has 0 fully saturated rings. The summed E-state index contributed by atoms with van der Waals surface area (Å²) in [6, 6.07) is 18.6. The van der Waals surface area contributed by atoms with Crippen molar-refractivity contribution in [2.75, 3.05) is 27.2 Å². The summed E-state index contributed by atoms with van der Waals surface area (Å²) in [5, 5.41) is 8.12. The van der Waals surface area contributed by atoms with E-state index in [1.54, 1.807) is 31.3 Å². The summed E-state index contributed by atoms with van der Waals surface area (Å²) in [7, 11) is 3.31. The van der Waals surface area contributed by atoms with Gasteiger partial charge in [0.05, 0.1) is 22.5 Å². The highest BCUT2D eigenvalue weighted by atomic mass is 32.2. The molecule has 8 nitrogen and oxygen atoms in total. The Hall–Kier alpha value is -3.95. The van der Waals surface area contributed by atoms with E-state index in [1.165, 1.54) is 16.4 Å². The Bertz CT molecular complexity index is 1380. The second-order valence-corrected chi connectivity index (χ2v) is 8.85. The van der Waals surface area contributed by atoms with Gasteiger partial charge in [0.2, 0.25) is 0 Å². The zero-order valence-electron chi connectivity index (χ0n) is 19.5. The second-order valence-electron chi connectivity index (χ2n) is 7.73. The van der Waals surface area contributed by atoms with E-state index >= 15 is 0 Å². The van der Waals surface area contributed by atoms with E-state index in [2.05, 4.69) is 15.4 Å². The van der Waals surface area contributed by atoms with E-state index in [9.17, 15) is 9.59 Å². The quantitative estimate of drug-likeness (QED) is 0.409. The number of benzene rings is 2. The first kappa shape index (κ1) is 24.2. The molecule has 0 aliphatic rings. The molecule has 35 heavy (non-hydrogen) atoms. The Morgan fingerprint density at radius 1 is 1.11 bits per heavy atom. The molecule has 0 aliphatic heterocycles. The minimum absolute atomic E-state index is 0.153. The van der Waals surface area contributed by atoms with Gasteiger partial charge < -0.3 is 16.0 Å². The highest BCUT2D eigenvalue weighted by Crippen LogP contribution is 2.33. The van der Waals surface area contributed by atoms with Gasteiger partial charge in [-0.1, -0.05) is 30.0 Å². The molecule has 0 unspecified atom stereocenters. The zero-order chi connectivity index (χ0) is 24.8. The largest absolute Gasteiger partial charge is 0.355 e. The first-order valence-electron chi connectivity index (χ1n) is 11.1. The number of pyridine rings is 1. The van der Waals surface area contributed by atoms with Crippen LogP contribution < -0.4 is 11.1 Å². The third kappa shape index (κ3) is 5.42. The molecule has 178 valence electrons. The molecular weight excluding hydrogens is 460 g/mol. The summed E-state index contributed by atoms with van der Waals surface area (Å²) in [4.78, 5) is 33.0. The lowest BCUT2D eigenvalue weighted by Gasteiger charge is -2.16. The minimum Gasteiger partial charge on any atom is -0.355 e. The predicted octanol–water partition coefficient (Wildman–Crippen LogP) is 3.97. The maximum atomic E-state index is 13.2. The van der Waals surface area contributed by atoms with Gasteiger partial charge >= 0.3 is 6.03 Å².